The maximum absolute atomic E-state index is 11.2. The fourth-order valence-corrected chi connectivity index (χ4v) is 2.22. The van der Waals surface area contributed by atoms with Gasteiger partial charge < -0.3 is 6.15 Å². The minimum absolute atomic E-state index is 0. The molecule has 16 heavy (non-hydrogen) atoms. The second-order valence-corrected chi connectivity index (χ2v) is 4.54. The van der Waals surface area contributed by atoms with Crippen molar-refractivity contribution in [2.24, 2.45) is 0 Å². The van der Waals surface area contributed by atoms with Gasteiger partial charge in [-0.3, -0.25) is 8.75 Å². The zero-order valence-corrected chi connectivity index (χ0v) is 11.6. The van der Waals surface area contributed by atoms with Crippen LogP contribution in [0.2, 0.25) is 0 Å². The summed E-state index contributed by atoms with van der Waals surface area (Å²) in [6.07, 6.45) is 7.70. The molecule has 0 bridgehead atoms. The Labute approximate surface area is 108 Å². The van der Waals surface area contributed by atoms with E-state index in [0.29, 0.717) is 0 Å². The molecule has 3 nitrogen and oxygen atoms in total. The van der Waals surface area contributed by atoms with Crippen LogP contribution in [-0.4, -0.2) is 3.96 Å². The molecule has 0 atom stereocenters. The largest absolute Gasteiger partial charge is 0.344 e. The van der Waals surface area contributed by atoms with E-state index in [1.807, 2.05) is 9.34 Å². The lowest BCUT2D eigenvalue weighted by Crippen LogP contribution is -2.11. The molecule has 0 aliphatic heterocycles. The third-order valence-corrected chi connectivity index (χ3v) is 3.23. The highest BCUT2D eigenvalue weighted by molar-refractivity contribution is 7.04. The molecular formula is C11H23ClN2OS. The number of hydrogen-bond donors (Lipinski definition) is 1. The first-order valence-corrected chi connectivity index (χ1v) is 6.33. The third kappa shape index (κ3) is 7.04. The third-order valence-electron chi connectivity index (χ3n) is 2.36. The number of hydrogen-bond acceptors (Lipinski definition) is 3. The van der Waals surface area contributed by atoms with Crippen molar-refractivity contribution in [3.63, 3.8) is 0 Å². The molecule has 3 N–H and O–H groups in total. The Morgan fingerprint density at radius 2 is 1.81 bits per heavy atom. The van der Waals surface area contributed by atoms with Gasteiger partial charge in [0.05, 0.1) is 0 Å². The lowest BCUT2D eigenvalue weighted by molar-refractivity contribution is 0.569. The van der Waals surface area contributed by atoms with Gasteiger partial charge in [-0.15, -0.1) is 12.4 Å². The van der Waals surface area contributed by atoms with Gasteiger partial charge in [0.2, 0.25) is 0 Å². The van der Waals surface area contributed by atoms with Crippen molar-refractivity contribution in [3.8, 4) is 0 Å². The van der Waals surface area contributed by atoms with Crippen molar-refractivity contribution in [2.75, 3.05) is 0 Å². The van der Waals surface area contributed by atoms with Gasteiger partial charge in [-0.1, -0.05) is 50.6 Å². The lowest BCUT2D eigenvalue weighted by Gasteiger charge is -2.00. The molecule has 0 saturated heterocycles. The zero-order valence-electron chi connectivity index (χ0n) is 9.98. The van der Waals surface area contributed by atoms with Gasteiger partial charge in [-0.2, -0.15) is 0 Å². The van der Waals surface area contributed by atoms with Crippen molar-refractivity contribution in [1.82, 2.24) is 10.1 Å². The summed E-state index contributed by atoms with van der Waals surface area (Å²) in [5.74, 6) is 0. The van der Waals surface area contributed by atoms with Crippen LogP contribution in [0, 0.1) is 0 Å². The minimum atomic E-state index is 0. The minimum Gasteiger partial charge on any atom is -0.344 e. The maximum Gasteiger partial charge on any atom is 0.260 e. The Hall–Kier alpha value is -0.320. The van der Waals surface area contributed by atoms with E-state index in [1.165, 1.54) is 43.6 Å². The molecule has 1 aromatic rings. The number of aromatic nitrogens is 1. The van der Waals surface area contributed by atoms with E-state index >= 15 is 0 Å². The van der Waals surface area contributed by atoms with E-state index in [4.69, 9.17) is 0 Å². The van der Waals surface area contributed by atoms with Gasteiger partial charge in [-0.05, 0) is 6.42 Å². The van der Waals surface area contributed by atoms with Crippen molar-refractivity contribution in [1.29, 1.82) is 0 Å². The van der Waals surface area contributed by atoms with Crippen LogP contribution in [0.3, 0.4) is 0 Å². The standard InChI is InChI=1S/C11H19NOS.ClH.H3N/c1-2-3-4-5-6-7-9-12-11(13)8-10-14-12;;/h8,10H,2-7,9H2,1H3;1H;1H3. The number of halogens is 1. The average molecular weight is 267 g/mol. The van der Waals surface area contributed by atoms with Gasteiger partial charge in [-0.25, -0.2) is 0 Å². The molecule has 0 unspecified atom stereocenters. The number of rotatable bonds is 7. The fraction of sp³-hybridized carbons (Fsp3) is 0.727. The van der Waals surface area contributed by atoms with Crippen LogP contribution in [-0.2, 0) is 6.54 Å². The zero-order chi connectivity index (χ0) is 10.2. The fourth-order valence-electron chi connectivity index (χ4n) is 1.50. The second-order valence-electron chi connectivity index (χ2n) is 3.62. The Morgan fingerprint density at radius 1 is 1.19 bits per heavy atom. The van der Waals surface area contributed by atoms with Crippen LogP contribution >= 0.6 is 23.9 Å². The summed E-state index contributed by atoms with van der Waals surface area (Å²) >= 11 is 1.52. The van der Waals surface area contributed by atoms with Gasteiger partial charge in [0, 0.05) is 18.0 Å². The van der Waals surface area contributed by atoms with Crippen LogP contribution in [0.1, 0.15) is 45.4 Å². The second kappa shape index (κ2) is 11.2. The predicted octanol–water partition coefficient (Wildman–Crippen LogP) is 3.85. The lowest BCUT2D eigenvalue weighted by atomic mass is 10.1. The summed E-state index contributed by atoms with van der Waals surface area (Å²) < 4.78 is 1.83. The van der Waals surface area contributed by atoms with E-state index < -0.39 is 0 Å². The summed E-state index contributed by atoms with van der Waals surface area (Å²) in [6.45, 7) is 3.13. The van der Waals surface area contributed by atoms with Crippen LogP contribution in [0.4, 0.5) is 0 Å². The quantitative estimate of drug-likeness (QED) is 0.762. The summed E-state index contributed by atoms with van der Waals surface area (Å²) in [5.41, 5.74) is 0.156. The first-order valence-electron chi connectivity index (χ1n) is 5.49. The predicted molar refractivity (Wildman–Crippen MR) is 74.2 cm³/mol. The monoisotopic (exact) mass is 266 g/mol. The highest BCUT2D eigenvalue weighted by atomic mass is 35.5. The summed E-state index contributed by atoms with van der Waals surface area (Å²) in [4.78, 5) is 11.2. The molecule has 1 heterocycles. The average Bonchev–Trinajstić information content (AvgIpc) is 2.58. The molecule has 0 aliphatic carbocycles. The van der Waals surface area contributed by atoms with Crippen molar-refractivity contribution < 1.29 is 0 Å². The van der Waals surface area contributed by atoms with Gasteiger partial charge >= 0.3 is 0 Å². The molecule has 0 radical (unpaired) electrons. The summed E-state index contributed by atoms with van der Waals surface area (Å²) in [6, 6.07) is 1.64. The molecule has 0 amide bonds. The van der Waals surface area contributed by atoms with Gasteiger partial charge in [0.25, 0.3) is 5.56 Å². The topological polar surface area (TPSA) is 57.0 Å². The van der Waals surface area contributed by atoms with Crippen molar-refractivity contribution in [3.05, 3.63) is 21.8 Å². The molecule has 96 valence electrons. The van der Waals surface area contributed by atoms with Crippen molar-refractivity contribution in [2.45, 2.75) is 52.0 Å². The van der Waals surface area contributed by atoms with Crippen LogP contribution < -0.4 is 11.7 Å². The molecule has 0 saturated carbocycles. The van der Waals surface area contributed by atoms with E-state index in [0.717, 1.165) is 13.0 Å². The van der Waals surface area contributed by atoms with E-state index in [9.17, 15) is 4.79 Å². The SMILES string of the molecule is CCCCCCCCn1sccc1=O.Cl.N. The first kappa shape index (κ1) is 18.1. The molecule has 0 spiro atoms. The smallest absolute Gasteiger partial charge is 0.260 e. The number of unbranched alkanes of at least 4 members (excludes halogenated alkanes) is 5. The van der Waals surface area contributed by atoms with E-state index in [1.54, 1.807) is 6.07 Å². The van der Waals surface area contributed by atoms with Gasteiger partial charge in [0.15, 0.2) is 0 Å². The highest BCUT2D eigenvalue weighted by Crippen LogP contribution is 2.06. The molecule has 0 aromatic carbocycles. The Bertz CT molecular complexity index is 298. The first-order chi connectivity index (χ1) is 6.84. The Morgan fingerprint density at radius 3 is 2.38 bits per heavy atom. The Balaban J connectivity index is 0. The molecule has 1 rings (SSSR count). The summed E-state index contributed by atoms with van der Waals surface area (Å²) in [7, 11) is 0. The molecule has 5 heteroatoms. The Kier molecular flexibility index (Phi) is 12.6. The molecular weight excluding hydrogens is 244 g/mol. The van der Waals surface area contributed by atoms with E-state index in [-0.39, 0.29) is 24.1 Å². The maximum atomic E-state index is 11.2. The molecule has 1 aromatic heterocycles. The van der Waals surface area contributed by atoms with Gasteiger partial charge in [0.1, 0.15) is 0 Å². The normalized spacial score (nSPS) is 9.31. The van der Waals surface area contributed by atoms with E-state index in [2.05, 4.69) is 6.92 Å². The number of aryl methyl sites for hydroxylation is 1. The van der Waals surface area contributed by atoms with Crippen LogP contribution in [0.15, 0.2) is 16.2 Å². The molecule has 0 aliphatic rings. The highest BCUT2D eigenvalue weighted by Gasteiger charge is 1.95. The van der Waals surface area contributed by atoms with Crippen molar-refractivity contribution >= 4 is 23.9 Å². The summed E-state index contributed by atoms with van der Waals surface area (Å²) in [5, 5.41) is 1.86. The molecule has 0 fully saturated rings. The van der Waals surface area contributed by atoms with Crippen LogP contribution in [0.25, 0.3) is 0 Å². The van der Waals surface area contributed by atoms with Crippen LogP contribution in [0.5, 0.6) is 0 Å². The number of nitrogens with zero attached hydrogens (tertiary/aromatic N) is 1.